The molecule has 4 N–H and O–H groups in total. The zero-order chi connectivity index (χ0) is 15.5. The Bertz CT molecular complexity index is 893. The van der Waals surface area contributed by atoms with Gasteiger partial charge in [-0.1, -0.05) is 41.7 Å². The Labute approximate surface area is 138 Å². The second-order valence-electron chi connectivity index (χ2n) is 4.78. The minimum atomic E-state index is 0.636. The normalized spacial score (nSPS) is 10.4. The highest BCUT2D eigenvalue weighted by Gasteiger charge is 2.04. The lowest BCUT2D eigenvalue weighted by molar-refractivity contribution is 1.48. The molecule has 0 atom stereocenters. The molecule has 0 aliphatic heterocycles. The Balaban J connectivity index is 0.000000154. The van der Waals surface area contributed by atoms with Crippen LogP contribution in [0.1, 0.15) is 0 Å². The van der Waals surface area contributed by atoms with Gasteiger partial charge in [-0.2, -0.15) is 0 Å². The van der Waals surface area contributed by atoms with Crippen LogP contribution in [0.3, 0.4) is 0 Å². The van der Waals surface area contributed by atoms with Crippen LogP contribution in [0.15, 0.2) is 65.6 Å². The van der Waals surface area contributed by atoms with Gasteiger partial charge in [0.05, 0.1) is 10.2 Å². The minimum Gasteiger partial charge on any atom is -0.399 e. The lowest BCUT2D eigenvalue weighted by Gasteiger charge is -1.96. The molecular formula is C17H15N3S2. The molecule has 0 unspecified atom stereocenters. The summed E-state index contributed by atoms with van der Waals surface area (Å²) >= 11 is 5.61. The third-order valence-corrected chi connectivity index (χ3v) is 4.34. The molecular weight excluding hydrogens is 310 g/mol. The van der Waals surface area contributed by atoms with Gasteiger partial charge in [0.2, 0.25) is 0 Å². The number of thiol groups is 1. The molecule has 0 aliphatic rings. The van der Waals surface area contributed by atoms with Gasteiger partial charge in [0.15, 0.2) is 5.13 Å². The van der Waals surface area contributed by atoms with Crippen molar-refractivity contribution in [3.8, 4) is 0 Å². The summed E-state index contributed by atoms with van der Waals surface area (Å²) in [5, 5.41) is 3.03. The summed E-state index contributed by atoms with van der Waals surface area (Å²) in [5.74, 6) is 0. The first-order valence-corrected chi connectivity index (χ1v) is 7.98. The molecule has 22 heavy (non-hydrogen) atoms. The molecule has 1 heterocycles. The smallest absolute Gasteiger partial charge is 0.181 e. The summed E-state index contributed by atoms with van der Waals surface area (Å²) in [7, 11) is 0. The van der Waals surface area contributed by atoms with Crippen molar-refractivity contribution in [2.45, 2.75) is 4.90 Å². The van der Waals surface area contributed by atoms with Gasteiger partial charge in [-0.3, -0.25) is 0 Å². The van der Waals surface area contributed by atoms with Crippen molar-refractivity contribution >= 4 is 55.8 Å². The Morgan fingerprint density at radius 3 is 2.32 bits per heavy atom. The molecule has 3 nitrogen and oxygen atoms in total. The van der Waals surface area contributed by atoms with E-state index < -0.39 is 0 Å². The van der Waals surface area contributed by atoms with Gasteiger partial charge in [0.1, 0.15) is 0 Å². The molecule has 0 fully saturated rings. The number of rotatable bonds is 0. The number of fused-ring (bicyclic) bond motifs is 3. The van der Waals surface area contributed by atoms with Gasteiger partial charge in [-0.25, -0.2) is 4.98 Å². The monoisotopic (exact) mass is 325 g/mol. The van der Waals surface area contributed by atoms with Crippen LogP contribution in [0, 0.1) is 0 Å². The highest BCUT2D eigenvalue weighted by atomic mass is 32.1. The summed E-state index contributed by atoms with van der Waals surface area (Å²) in [6, 6.07) is 19.8. The van der Waals surface area contributed by atoms with Crippen molar-refractivity contribution in [1.29, 1.82) is 0 Å². The summed E-state index contributed by atoms with van der Waals surface area (Å²) in [4.78, 5) is 5.28. The predicted molar refractivity (Wildman–Crippen MR) is 99.6 cm³/mol. The van der Waals surface area contributed by atoms with Crippen LogP contribution in [0.4, 0.5) is 10.8 Å². The number of anilines is 2. The first-order valence-electron chi connectivity index (χ1n) is 6.72. The largest absolute Gasteiger partial charge is 0.399 e. The zero-order valence-electron chi connectivity index (χ0n) is 11.7. The molecule has 0 aliphatic carbocycles. The quantitative estimate of drug-likeness (QED) is 0.327. The summed E-state index contributed by atoms with van der Waals surface area (Å²) in [6.07, 6.45) is 0. The third kappa shape index (κ3) is 3.16. The highest BCUT2D eigenvalue weighted by molar-refractivity contribution is 7.80. The van der Waals surface area contributed by atoms with Crippen molar-refractivity contribution in [1.82, 2.24) is 4.98 Å². The van der Waals surface area contributed by atoms with Crippen molar-refractivity contribution in [2.75, 3.05) is 11.5 Å². The van der Waals surface area contributed by atoms with Crippen molar-refractivity contribution in [3.63, 3.8) is 0 Å². The predicted octanol–water partition coefficient (Wildman–Crippen LogP) is 4.59. The SMILES string of the molecule is Nc1ccc(S)cc1.Nc1nc2c(ccc3ccccc32)s1. The average molecular weight is 325 g/mol. The van der Waals surface area contributed by atoms with Crippen LogP contribution in [-0.2, 0) is 0 Å². The van der Waals surface area contributed by atoms with Crippen LogP contribution in [-0.4, -0.2) is 4.98 Å². The third-order valence-electron chi connectivity index (χ3n) is 3.19. The van der Waals surface area contributed by atoms with E-state index in [2.05, 4.69) is 41.9 Å². The van der Waals surface area contributed by atoms with E-state index in [0.717, 1.165) is 20.8 Å². The van der Waals surface area contributed by atoms with Gasteiger partial charge < -0.3 is 11.5 Å². The van der Waals surface area contributed by atoms with E-state index in [-0.39, 0.29) is 0 Å². The first-order chi connectivity index (χ1) is 10.6. The fourth-order valence-electron chi connectivity index (χ4n) is 2.15. The molecule has 0 amide bonds. The lowest BCUT2D eigenvalue weighted by atomic mass is 10.1. The second kappa shape index (κ2) is 6.25. The minimum absolute atomic E-state index is 0.636. The van der Waals surface area contributed by atoms with Crippen LogP contribution >= 0.6 is 24.0 Å². The van der Waals surface area contributed by atoms with Crippen molar-refractivity contribution < 1.29 is 0 Å². The topological polar surface area (TPSA) is 64.9 Å². The molecule has 0 spiro atoms. The highest BCUT2D eigenvalue weighted by Crippen LogP contribution is 2.29. The number of benzene rings is 3. The van der Waals surface area contributed by atoms with E-state index in [1.807, 2.05) is 36.4 Å². The van der Waals surface area contributed by atoms with Gasteiger partial charge >= 0.3 is 0 Å². The fourth-order valence-corrected chi connectivity index (χ4v) is 3.05. The van der Waals surface area contributed by atoms with E-state index in [9.17, 15) is 0 Å². The van der Waals surface area contributed by atoms with E-state index in [0.29, 0.717) is 5.13 Å². The summed E-state index contributed by atoms with van der Waals surface area (Å²) < 4.78 is 1.15. The maximum Gasteiger partial charge on any atom is 0.181 e. The van der Waals surface area contributed by atoms with Gasteiger partial charge in [-0.05, 0) is 35.7 Å². The van der Waals surface area contributed by atoms with Crippen LogP contribution in [0.5, 0.6) is 0 Å². The van der Waals surface area contributed by atoms with Crippen molar-refractivity contribution in [2.24, 2.45) is 0 Å². The molecule has 0 radical (unpaired) electrons. The lowest BCUT2D eigenvalue weighted by Crippen LogP contribution is -1.80. The number of thiazole rings is 1. The molecule has 4 aromatic rings. The van der Waals surface area contributed by atoms with E-state index >= 15 is 0 Å². The van der Waals surface area contributed by atoms with Crippen molar-refractivity contribution in [3.05, 3.63) is 60.7 Å². The molecule has 4 rings (SSSR count). The molecule has 110 valence electrons. The van der Waals surface area contributed by atoms with Gasteiger partial charge in [0.25, 0.3) is 0 Å². The first kappa shape index (κ1) is 14.7. The summed E-state index contributed by atoms with van der Waals surface area (Å²) in [6.45, 7) is 0. The van der Waals surface area contributed by atoms with Gasteiger partial charge in [0, 0.05) is 16.0 Å². The molecule has 3 aromatic carbocycles. The molecule has 5 heteroatoms. The number of hydrogen-bond acceptors (Lipinski definition) is 5. The average Bonchev–Trinajstić information content (AvgIpc) is 2.92. The Kier molecular flexibility index (Phi) is 4.18. The van der Waals surface area contributed by atoms with E-state index in [4.69, 9.17) is 11.5 Å². The van der Waals surface area contributed by atoms with Crippen LogP contribution < -0.4 is 11.5 Å². The molecule has 1 aromatic heterocycles. The maximum absolute atomic E-state index is 5.69. The van der Waals surface area contributed by atoms with E-state index in [1.165, 1.54) is 22.1 Å². The van der Waals surface area contributed by atoms with E-state index in [1.54, 1.807) is 0 Å². The Morgan fingerprint density at radius 1 is 0.864 bits per heavy atom. The molecule has 0 saturated heterocycles. The number of nitrogens with zero attached hydrogens (tertiary/aromatic N) is 1. The standard InChI is InChI=1S/C11H8N2S.C6H7NS/c12-11-13-10-8-4-2-1-3-7(8)5-6-9(10)14-11;7-5-1-3-6(8)4-2-5/h1-6H,(H2,12,13);1-4,8H,7H2. The Hall–Kier alpha value is -2.24. The second-order valence-corrected chi connectivity index (χ2v) is 6.36. The molecule has 0 bridgehead atoms. The number of nitrogens with two attached hydrogens (primary N) is 2. The zero-order valence-corrected chi connectivity index (χ0v) is 13.4. The number of aromatic nitrogens is 1. The van der Waals surface area contributed by atoms with Gasteiger partial charge in [-0.15, -0.1) is 12.6 Å². The molecule has 0 saturated carbocycles. The Morgan fingerprint density at radius 2 is 1.59 bits per heavy atom. The maximum atomic E-state index is 5.69. The fraction of sp³-hybridized carbons (Fsp3) is 0. The number of nitrogen functional groups attached to an aromatic ring is 2. The summed E-state index contributed by atoms with van der Waals surface area (Å²) in [5.41, 5.74) is 12.9. The van der Waals surface area contributed by atoms with Crippen LogP contribution in [0.25, 0.3) is 21.0 Å². The number of hydrogen-bond donors (Lipinski definition) is 3. The van der Waals surface area contributed by atoms with Crippen LogP contribution in [0.2, 0.25) is 0 Å².